The van der Waals surface area contributed by atoms with Crippen LogP contribution in [0.5, 0.6) is 0 Å². The number of carbonyl (C=O) groups is 2. The minimum atomic E-state index is -0.843. The summed E-state index contributed by atoms with van der Waals surface area (Å²) in [5.74, 6) is -0.475. The maximum absolute atomic E-state index is 11.8. The predicted molar refractivity (Wildman–Crippen MR) is 52.1 cm³/mol. The second-order valence-corrected chi connectivity index (χ2v) is 4.18. The zero-order valence-electron chi connectivity index (χ0n) is 8.62. The molecule has 0 bridgehead atoms. The Morgan fingerprint density at radius 1 is 1.50 bits per heavy atom. The van der Waals surface area contributed by atoms with E-state index in [-0.39, 0.29) is 18.4 Å². The summed E-state index contributed by atoms with van der Waals surface area (Å²) < 4.78 is 0. The highest BCUT2D eigenvalue weighted by Crippen LogP contribution is 2.38. The van der Waals surface area contributed by atoms with Crippen LogP contribution in [-0.2, 0) is 9.59 Å². The van der Waals surface area contributed by atoms with Gasteiger partial charge >= 0.3 is 0 Å². The van der Waals surface area contributed by atoms with E-state index in [1.165, 1.54) is 4.90 Å². The molecule has 1 aliphatic carbocycles. The van der Waals surface area contributed by atoms with Crippen molar-refractivity contribution in [1.82, 2.24) is 4.90 Å². The minimum absolute atomic E-state index is 0.0711. The minimum Gasteiger partial charge on any atom is -0.368 e. The van der Waals surface area contributed by atoms with Crippen LogP contribution in [0.15, 0.2) is 0 Å². The Morgan fingerprint density at radius 3 is 2.36 bits per heavy atom. The number of hydrogen-bond acceptors (Lipinski definition) is 3. The molecule has 4 N–H and O–H groups in total. The molecule has 0 radical (unpaired) electrons. The van der Waals surface area contributed by atoms with Crippen LogP contribution in [0.2, 0.25) is 0 Å². The first-order valence-electron chi connectivity index (χ1n) is 4.68. The summed E-state index contributed by atoms with van der Waals surface area (Å²) >= 11 is 0. The topological polar surface area (TPSA) is 89.4 Å². The van der Waals surface area contributed by atoms with Gasteiger partial charge in [-0.15, -0.1) is 0 Å². The average Bonchev–Trinajstić information content (AvgIpc) is 2.83. The number of amides is 2. The fourth-order valence-corrected chi connectivity index (χ4v) is 1.57. The highest BCUT2D eigenvalue weighted by molar-refractivity contribution is 5.89. The van der Waals surface area contributed by atoms with Gasteiger partial charge in [-0.05, 0) is 25.7 Å². The van der Waals surface area contributed by atoms with Gasteiger partial charge in [0.2, 0.25) is 11.8 Å². The van der Waals surface area contributed by atoms with Crippen LogP contribution in [0.25, 0.3) is 0 Å². The normalized spacial score (nSPS) is 19.9. The van der Waals surface area contributed by atoms with E-state index in [0.717, 1.165) is 12.8 Å². The van der Waals surface area contributed by atoms with E-state index in [4.69, 9.17) is 11.5 Å². The molecule has 0 aliphatic heterocycles. The van der Waals surface area contributed by atoms with Crippen molar-refractivity contribution in [2.24, 2.45) is 17.4 Å². The number of nitrogens with zero attached hydrogens (tertiary/aromatic N) is 1. The monoisotopic (exact) mass is 199 g/mol. The lowest BCUT2D eigenvalue weighted by atomic mass is 9.95. The van der Waals surface area contributed by atoms with E-state index in [2.05, 4.69) is 0 Å². The third-order valence-corrected chi connectivity index (χ3v) is 2.63. The van der Waals surface area contributed by atoms with E-state index in [0.29, 0.717) is 0 Å². The molecular formula is C9H17N3O2. The molecule has 1 rings (SSSR count). The van der Waals surface area contributed by atoms with Crippen LogP contribution in [0.4, 0.5) is 0 Å². The van der Waals surface area contributed by atoms with Gasteiger partial charge in [-0.25, -0.2) is 0 Å². The van der Waals surface area contributed by atoms with Crippen LogP contribution in [-0.4, -0.2) is 35.8 Å². The van der Waals surface area contributed by atoms with Crippen LogP contribution < -0.4 is 11.5 Å². The van der Waals surface area contributed by atoms with Crippen molar-refractivity contribution in [1.29, 1.82) is 0 Å². The van der Waals surface area contributed by atoms with Gasteiger partial charge in [0.15, 0.2) is 0 Å². The van der Waals surface area contributed by atoms with Crippen molar-refractivity contribution in [2.75, 3.05) is 13.6 Å². The van der Waals surface area contributed by atoms with E-state index >= 15 is 0 Å². The standard InChI is InChI=1S/C9H17N3O2/c1-9(11,6-3-4-6)8(14)12(2)5-7(10)13/h6H,3-5,11H2,1-2H3,(H2,10,13). The van der Waals surface area contributed by atoms with Crippen molar-refractivity contribution >= 4 is 11.8 Å². The summed E-state index contributed by atoms with van der Waals surface area (Å²) in [5.41, 5.74) is 10.0. The number of likely N-dealkylation sites (N-methyl/N-ethyl adjacent to an activating group) is 1. The first kappa shape index (κ1) is 11.0. The fourth-order valence-electron chi connectivity index (χ4n) is 1.57. The highest BCUT2D eigenvalue weighted by atomic mass is 16.2. The third kappa shape index (κ3) is 2.23. The summed E-state index contributed by atoms with van der Waals surface area (Å²) in [4.78, 5) is 23.7. The van der Waals surface area contributed by atoms with Crippen molar-refractivity contribution < 1.29 is 9.59 Å². The molecule has 1 aliphatic rings. The first-order chi connectivity index (χ1) is 6.35. The molecule has 1 fully saturated rings. The van der Waals surface area contributed by atoms with Gasteiger partial charge in [0.1, 0.15) is 0 Å². The Morgan fingerprint density at radius 2 is 2.00 bits per heavy atom. The second kappa shape index (κ2) is 3.57. The predicted octanol–water partition coefficient (Wildman–Crippen LogP) is -0.942. The number of carbonyl (C=O) groups excluding carboxylic acids is 2. The maximum atomic E-state index is 11.8. The number of primary amides is 1. The van der Waals surface area contributed by atoms with Gasteiger partial charge in [0.05, 0.1) is 12.1 Å². The van der Waals surface area contributed by atoms with E-state index in [1.54, 1.807) is 14.0 Å². The molecule has 5 nitrogen and oxygen atoms in total. The Labute approximate surface area is 83.4 Å². The van der Waals surface area contributed by atoms with Gasteiger partial charge in [-0.2, -0.15) is 0 Å². The molecule has 0 saturated heterocycles. The van der Waals surface area contributed by atoms with Crippen molar-refractivity contribution in [3.8, 4) is 0 Å². The van der Waals surface area contributed by atoms with Crippen molar-refractivity contribution in [3.05, 3.63) is 0 Å². The zero-order valence-corrected chi connectivity index (χ0v) is 8.62. The SMILES string of the molecule is CN(CC(N)=O)C(=O)C(C)(N)C1CC1. The van der Waals surface area contributed by atoms with E-state index in [9.17, 15) is 9.59 Å². The Bertz CT molecular complexity index is 259. The van der Waals surface area contributed by atoms with Crippen LogP contribution >= 0.6 is 0 Å². The zero-order chi connectivity index (χ0) is 10.9. The van der Waals surface area contributed by atoms with Gasteiger partial charge in [-0.1, -0.05) is 0 Å². The van der Waals surface area contributed by atoms with Crippen molar-refractivity contribution in [2.45, 2.75) is 25.3 Å². The molecule has 5 heteroatoms. The maximum Gasteiger partial charge on any atom is 0.242 e. The third-order valence-electron chi connectivity index (χ3n) is 2.63. The largest absolute Gasteiger partial charge is 0.368 e. The molecule has 0 heterocycles. The highest BCUT2D eigenvalue weighted by Gasteiger charge is 2.45. The van der Waals surface area contributed by atoms with Gasteiger partial charge in [0, 0.05) is 7.05 Å². The van der Waals surface area contributed by atoms with Gasteiger partial charge in [-0.3, -0.25) is 9.59 Å². The van der Waals surface area contributed by atoms with Crippen LogP contribution in [0.1, 0.15) is 19.8 Å². The molecule has 1 saturated carbocycles. The quantitative estimate of drug-likeness (QED) is 0.612. The summed E-state index contributed by atoms with van der Waals surface area (Å²) in [6, 6.07) is 0. The molecule has 80 valence electrons. The summed E-state index contributed by atoms with van der Waals surface area (Å²) in [5, 5.41) is 0. The van der Waals surface area contributed by atoms with E-state index < -0.39 is 11.4 Å². The summed E-state index contributed by atoms with van der Waals surface area (Å²) in [6.07, 6.45) is 1.98. The molecular weight excluding hydrogens is 182 g/mol. The summed E-state index contributed by atoms with van der Waals surface area (Å²) in [7, 11) is 1.54. The lowest BCUT2D eigenvalue weighted by Crippen LogP contribution is -2.55. The molecule has 14 heavy (non-hydrogen) atoms. The van der Waals surface area contributed by atoms with Crippen LogP contribution in [0, 0.1) is 5.92 Å². The number of nitrogens with two attached hydrogens (primary N) is 2. The lowest BCUT2D eigenvalue weighted by molar-refractivity contribution is -0.138. The fraction of sp³-hybridized carbons (Fsp3) is 0.778. The lowest BCUT2D eigenvalue weighted by Gasteiger charge is -2.28. The molecule has 1 atom stereocenters. The molecule has 0 aromatic carbocycles. The van der Waals surface area contributed by atoms with E-state index in [1.807, 2.05) is 0 Å². The Balaban J connectivity index is 2.58. The summed E-state index contributed by atoms with van der Waals surface area (Å²) in [6.45, 7) is 1.64. The first-order valence-corrected chi connectivity index (χ1v) is 4.68. The Kier molecular flexibility index (Phi) is 2.80. The number of hydrogen-bond donors (Lipinski definition) is 2. The molecule has 1 unspecified atom stereocenters. The van der Waals surface area contributed by atoms with Gasteiger partial charge in [0.25, 0.3) is 0 Å². The second-order valence-electron chi connectivity index (χ2n) is 4.18. The van der Waals surface area contributed by atoms with Gasteiger partial charge < -0.3 is 16.4 Å². The number of rotatable bonds is 4. The van der Waals surface area contributed by atoms with Crippen LogP contribution in [0.3, 0.4) is 0 Å². The Hall–Kier alpha value is -1.10. The molecule has 0 spiro atoms. The average molecular weight is 199 g/mol. The molecule has 0 aromatic rings. The van der Waals surface area contributed by atoms with Crippen molar-refractivity contribution in [3.63, 3.8) is 0 Å². The molecule has 2 amide bonds. The smallest absolute Gasteiger partial charge is 0.242 e. The molecule has 0 aromatic heterocycles.